The molecule has 1 aromatic rings. The minimum atomic E-state index is 0.550. The molecule has 130 valence electrons. The summed E-state index contributed by atoms with van der Waals surface area (Å²) in [5, 5.41) is 6.65. The van der Waals surface area contributed by atoms with E-state index in [0.29, 0.717) is 18.4 Å². The quantitative estimate of drug-likeness (QED) is 0.620. The molecule has 0 amide bonds. The Kier molecular flexibility index (Phi) is 6.89. The lowest BCUT2D eigenvalue weighted by atomic mass is 10.1. The van der Waals surface area contributed by atoms with E-state index in [9.17, 15) is 0 Å². The van der Waals surface area contributed by atoms with Crippen LogP contribution in [0.3, 0.4) is 0 Å². The van der Waals surface area contributed by atoms with Crippen molar-refractivity contribution >= 4 is 5.96 Å². The number of oxazole rings is 1. The molecule has 1 saturated heterocycles. The van der Waals surface area contributed by atoms with E-state index in [-0.39, 0.29) is 0 Å². The maximum atomic E-state index is 5.57. The molecular weight excluding hydrogens is 290 g/mol. The fourth-order valence-corrected chi connectivity index (χ4v) is 2.91. The maximum Gasteiger partial charge on any atom is 0.214 e. The third-order valence-corrected chi connectivity index (χ3v) is 4.34. The Balaban J connectivity index is 1.69. The summed E-state index contributed by atoms with van der Waals surface area (Å²) in [6, 6.07) is 0. The van der Waals surface area contributed by atoms with Crippen LogP contribution >= 0.6 is 0 Å². The molecule has 0 spiro atoms. The van der Waals surface area contributed by atoms with Crippen molar-refractivity contribution in [1.29, 1.82) is 0 Å². The van der Waals surface area contributed by atoms with Gasteiger partial charge in [0.2, 0.25) is 5.89 Å². The standard InChI is InChI=1S/C17H31N5O/c1-13(12-22-8-6-5-7-9-22)10-19-17(18-4)20-11-16-21-14(2)15(3)23-16/h13H,5-12H2,1-4H3,(H2,18,19,20). The van der Waals surface area contributed by atoms with E-state index in [0.717, 1.165) is 30.5 Å². The highest BCUT2D eigenvalue weighted by Crippen LogP contribution is 2.10. The average molecular weight is 321 g/mol. The van der Waals surface area contributed by atoms with Crippen LogP contribution in [0.4, 0.5) is 0 Å². The predicted octanol–water partition coefficient (Wildman–Crippen LogP) is 2.08. The molecule has 1 fully saturated rings. The first kappa shape index (κ1) is 17.8. The third kappa shape index (κ3) is 5.86. The van der Waals surface area contributed by atoms with Crippen LogP contribution in [0.2, 0.25) is 0 Å². The molecule has 2 N–H and O–H groups in total. The molecule has 6 nitrogen and oxygen atoms in total. The van der Waals surface area contributed by atoms with Gasteiger partial charge in [0.25, 0.3) is 0 Å². The fraction of sp³-hybridized carbons (Fsp3) is 0.765. The number of piperidine rings is 1. The molecule has 1 aliphatic heterocycles. The van der Waals surface area contributed by atoms with Gasteiger partial charge in [-0.1, -0.05) is 13.3 Å². The van der Waals surface area contributed by atoms with Crippen LogP contribution in [0.1, 0.15) is 43.5 Å². The summed E-state index contributed by atoms with van der Waals surface area (Å²) < 4.78 is 5.57. The first-order valence-corrected chi connectivity index (χ1v) is 8.68. The highest BCUT2D eigenvalue weighted by Gasteiger charge is 2.14. The molecule has 0 radical (unpaired) electrons. The minimum absolute atomic E-state index is 0.550. The first-order valence-electron chi connectivity index (χ1n) is 8.68. The van der Waals surface area contributed by atoms with Crippen molar-refractivity contribution in [3.05, 3.63) is 17.3 Å². The Morgan fingerprint density at radius 2 is 2.00 bits per heavy atom. The highest BCUT2D eigenvalue weighted by atomic mass is 16.4. The van der Waals surface area contributed by atoms with E-state index < -0.39 is 0 Å². The molecule has 23 heavy (non-hydrogen) atoms. The van der Waals surface area contributed by atoms with Crippen LogP contribution in [-0.2, 0) is 6.54 Å². The van der Waals surface area contributed by atoms with Crippen molar-refractivity contribution in [2.75, 3.05) is 33.2 Å². The lowest BCUT2D eigenvalue weighted by molar-refractivity contribution is 0.201. The Hall–Kier alpha value is -1.56. The van der Waals surface area contributed by atoms with Gasteiger partial charge in [-0.3, -0.25) is 4.99 Å². The van der Waals surface area contributed by atoms with Gasteiger partial charge >= 0.3 is 0 Å². The smallest absolute Gasteiger partial charge is 0.214 e. The summed E-state index contributed by atoms with van der Waals surface area (Å²) in [6.45, 7) is 11.3. The number of nitrogens with zero attached hydrogens (tertiary/aromatic N) is 3. The zero-order valence-electron chi connectivity index (χ0n) is 15.0. The van der Waals surface area contributed by atoms with Gasteiger partial charge < -0.3 is 20.0 Å². The lowest BCUT2D eigenvalue weighted by Gasteiger charge is -2.29. The molecule has 1 aromatic heterocycles. The number of aliphatic imine (C=N–C) groups is 1. The summed E-state index contributed by atoms with van der Waals surface area (Å²) in [5.74, 6) is 2.96. The van der Waals surface area contributed by atoms with Crippen molar-refractivity contribution in [2.45, 2.75) is 46.6 Å². The Morgan fingerprint density at radius 3 is 2.61 bits per heavy atom. The van der Waals surface area contributed by atoms with Gasteiger partial charge in [0, 0.05) is 20.1 Å². The van der Waals surface area contributed by atoms with Crippen LogP contribution in [0.15, 0.2) is 9.41 Å². The van der Waals surface area contributed by atoms with Crippen LogP contribution < -0.4 is 10.6 Å². The zero-order chi connectivity index (χ0) is 16.7. The van der Waals surface area contributed by atoms with Crippen molar-refractivity contribution in [3.63, 3.8) is 0 Å². The number of guanidine groups is 1. The molecule has 1 aliphatic rings. The van der Waals surface area contributed by atoms with Gasteiger partial charge in [-0.2, -0.15) is 0 Å². The molecule has 2 rings (SSSR count). The average Bonchev–Trinajstić information content (AvgIpc) is 2.87. The van der Waals surface area contributed by atoms with Crippen LogP contribution in [0, 0.1) is 19.8 Å². The normalized spacial score (nSPS) is 18.0. The number of hydrogen-bond acceptors (Lipinski definition) is 4. The van der Waals surface area contributed by atoms with E-state index in [2.05, 4.69) is 32.4 Å². The largest absolute Gasteiger partial charge is 0.444 e. The van der Waals surface area contributed by atoms with E-state index in [1.165, 1.54) is 32.4 Å². The summed E-state index contributed by atoms with van der Waals surface area (Å²) >= 11 is 0. The molecule has 1 unspecified atom stereocenters. The Morgan fingerprint density at radius 1 is 1.26 bits per heavy atom. The number of rotatable bonds is 6. The van der Waals surface area contributed by atoms with Crippen molar-refractivity contribution in [3.8, 4) is 0 Å². The first-order chi connectivity index (χ1) is 11.1. The van der Waals surface area contributed by atoms with E-state index in [4.69, 9.17) is 4.42 Å². The minimum Gasteiger partial charge on any atom is -0.444 e. The fourth-order valence-electron chi connectivity index (χ4n) is 2.91. The molecule has 6 heteroatoms. The number of hydrogen-bond donors (Lipinski definition) is 2. The van der Waals surface area contributed by atoms with E-state index >= 15 is 0 Å². The number of likely N-dealkylation sites (tertiary alicyclic amines) is 1. The topological polar surface area (TPSA) is 65.7 Å². The zero-order valence-corrected chi connectivity index (χ0v) is 15.0. The lowest BCUT2D eigenvalue weighted by Crippen LogP contribution is -2.42. The van der Waals surface area contributed by atoms with Gasteiger partial charge in [0.05, 0.1) is 12.2 Å². The Bertz CT molecular complexity index is 486. The predicted molar refractivity (Wildman–Crippen MR) is 93.6 cm³/mol. The van der Waals surface area contributed by atoms with Gasteiger partial charge in [0.1, 0.15) is 5.76 Å². The second-order valence-corrected chi connectivity index (χ2v) is 6.52. The van der Waals surface area contributed by atoms with Crippen molar-refractivity contribution < 1.29 is 4.42 Å². The van der Waals surface area contributed by atoms with Crippen LogP contribution in [-0.4, -0.2) is 49.1 Å². The van der Waals surface area contributed by atoms with Gasteiger partial charge in [0.15, 0.2) is 5.96 Å². The second-order valence-electron chi connectivity index (χ2n) is 6.52. The van der Waals surface area contributed by atoms with E-state index in [1.807, 2.05) is 13.8 Å². The van der Waals surface area contributed by atoms with Crippen molar-refractivity contribution in [1.82, 2.24) is 20.5 Å². The van der Waals surface area contributed by atoms with Crippen LogP contribution in [0.5, 0.6) is 0 Å². The molecular formula is C17H31N5O. The van der Waals surface area contributed by atoms with Gasteiger partial charge in [-0.15, -0.1) is 0 Å². The molecule has 1 atom stereocenters. The monoisotopic (exact) mass is 321 g/mol. The molecule has 0 aromatic carbocycles. The van der Waals surface area contributed by atoms with Crippen molar-refractivity contribution in [2.24, 2.45) is 10.9 Å². The highest BCUT2D eigenvalue weighted by molar-refractivity contribution is 5.79. The summed E-state index contributed by atoms with van der Waals surface area (Å²) in [6.07, 6.45) is 4.08. The number of aryl methyl sites for hydroxylation is 2. The Labute approximate surface area is 139 Å². The number of nitrogens with one attached hydrogen (secondary N) is 2. The van der Waals surface area contributed by atoms with Crippen LogP contribution in [0.25, 0.3) is 0 Å². The van der Waals surface area contributed by atoms with E-state index in [1.54, 1.807) is 7.05 Å². The molecule has 0 bridgehead atoms. The summed E-state index contributed by atoms with van der Waals surface area (Å²) in [7, 11) is 1.79. The molecule has 2 heterocycles. The van der Waals surface area contributed by atoms with Gasteiger partial charge in [-0.05, 0) is 45.7 Å². The maximum absolute atomic E-state index is 5.57. The summed E-state index contributed by atoms with van der Waals surface area (Å²) in [5.41, 5.74) is 0.944. The third-order valence-electron chi connectivity index (χ3n) is 4.34. The second kappa shape index (κ2) is 8.91. The summed E-state index contributed by atoms with van der Waals surface area (Å²) in [4.78, 5) is 11.2. The molecule has 0 aliphatic carbocycles. The number of aromatic nitrogens is 1. The van der Waals surface area contributed by atoms with Gasteiger partial charge in [-0.25, -0.2) is 4.98 Å². The SMILES string of the molecule is CN=C(NCc1nc(C)c(C)o1)NCC(C)CN1CCCCC1. The molecule has 0 saturated carbocycles.